The van der Waals surface area contributed by atoms with Gasteiger partial charge in [0.15, 0.2) is 0 Å². The van der Waals surface area contributed by atoms with E-state index in [1.54, 1.807) is 19.9 Å². The quantitative estimate of drug-likeness (QED) is 0.616. The smallest absolute Gasteiger partial charge is 0.312 e. The highest BCUT2D eigenvalue weighted by molar-refractivity contribution is 6.32. The summed E-state index contributed by atoms with van der Waals surface area (Å²) in [5.41, 5.74) is 1.69. The Morgan fingerprint density at radius 1 is 1.29 bits per heavy atom. The zero-order valence-corrected chi connectivity index (χ0v) is 12.1. The van der Waals surface area contributed by atoms with Gasteiger partial charge in [0.2, 0.25) is 5.75 Å². The Kier molecular flexibility index (Phi) is 4.10. The first kappa shape index (κ1) is 14.8. The molecular weight excluding hydrogens is 292 g/mol. The Balaban J connectivity index is 2.49. The molecule has 0 radical (unpaired) electrons. The first-order valence-electron chi connectivity index (χ1n) is 6.05. The molecule has 0 heterocycles. The van der Waals surface area contributed by atoms with Crippen LogP contribution < -0.4 is 4.74 Å². The van der Waals surface area contributed by atoms with Crippen LogP contribution >= 0.6 is 11.6 Å². The van der Waals surface area contributed by atoms with Gasteiger partial charge in [-0.2, -0.15) is 5.26 Å². The minimum absolute atomic E-state index is 0.118. The number of nitro benzene ring substituents is 1. The zero-order valence-electron chi connectivity index (χ0n) is 11.4. The van der Waals surface area contributed by atoms with E-state index in [1.165, 1.54) is 24.3 Å². The topological polar surface area (TPSA) is 76.2 Å². The van der Waals surface area contributed by atoms with Gasteiger partial charge in [0, 0.05) is 6.07 Å². The zero-order chi connectivity index (χ0) is 15.6. The van der Waals surface area contributed by atoms with Gasteiger partial charge in [-0.3, -0.25) is 10.1 Å². The number of aryl methyl sites for hydroxylation is 2. The van der Waals surface area contributed by atoms with Crippen LogP contribution in [0.4, 0.5) is 5.69 Å². The predicted molar refractivity (Wildman–Crippen MR) is 78.8 cm³/mol. The molecule has 0 aromatic heterocycles. The second-order valence-electron chi connectivity index (χ2n) is 4.55. The SMILES string of the molecule is Cc1cc(C)c(Oc2ccc(C#N)cc2Cl)c([N+](=O)[O-])c1. The van der Waals surface area contributed by atoms with Crippen molar-refractivity contribution in [2.45, 2.75) is 13.8 Å². The average molecular weight is 303 g/mol. The number of halogens is 1. The van der Waals surface area contributed by atoms with Crippen molar-refractivity contribution in [2.75, 3.05) is 0 Å². The van der Waals surface area contributed by atoms with E-state index in [2.05, 4.69) is 0 Å². The number of nitrogens with zero attached hydrogens (tertiary/aromatic N) is 2. The maximum absolute atomic E-state index is 11.2. The van der Waals surface area contributed by atoms with Gasteiger partial charge in [0.1, 0.15) is 5.75 Å². The van der Waals surface area contributed by atoms with Crippen LogP contribution in [-0.2, 0) is 0 Å². The number of ether oxygens (including phenoxy) is 1. The summed E-state index contributed by atoms with van der Waals surface area (Å²) in [5.74, 6) is 0.419. The highest BCUT2D eigenvalue weighted by atomic mass is 35.5. The maximum Gasteiger partial charge on any atom is 0.312 e. The lowest BCUT2D eigenvalue weighted by atomic mass is 10.1. The molecule has 0 aliphatic heterocycles. The van der Waals surface area contributed by atoms with E-state index >= 15 is 0 Å². The van der Waals surface area contributed by atoms with E-state index in [0.717, 1.165) is 5.56 Å². The molecule has 2 aromatic carbocycles. The van der Waals surface area contributed by atoms with Crippen molar-refractivity contribution >= 4 is 17.3 Å². The third-order valence-electron chi connectivity index (χ3n) is 2.87. The van der Waals surface area contributed by atoms with Crippen LogP contribution in [0.5, 0.6) is 11.5 Å². The van der Waals surface area contributed by atoms with Gasteiger partial charge >= 0.3 is 5.69 Å². The Labute approximate surface area is 126 Å². The standard InChI is InChI=1S/C15H11ClN2O3/c1-9-5-10(2)15(13(6-9)18(19)20)21-14-4-3-11(8-17)7-12(14)16/h3-7H,1-2H3. The van der Waals surface area contributed by atoms with E-state index in [9.17, 15) is 10.1 Å². The van der Waals surface area contributed by atoms with E-state index in [1.807, 2.05) is 6.07 Å². The van der Waals surface area contributed by atoms with Crippen molar-refractivity contribution in [3.8, 4) is 17.6 Å². The average Bonchev–Trinajstić information content (AvgIpc) is 2.42. The van der Waals surface area contributed by atoms with Gasteiger partial charge in [0.05, 0.1) is 21.6 Å². The molecule has 2 rings (SSSR count). The van der Waals surface area contributed by atoms with Gasteiger partial charge in [-0.15, -0.1) is 0 Å². The minimum atomic E-state index is -0.493. The number of nitriles is 1. The molecule has 0 N–H and O–H groups in total. The lowest BCUT2D eigenvalue weighted by Gasteiger charge is -2.11. The van der Waals surface area contributed by atoms with Crippen molar-refractivity contribution in [2.24, 2.45) is 0 Å². The number of rotatable bonds is 3. The molecule has 0 atom stereocenters. The molecule has 0 amide bonds. The molecule has 5 nitrogen and oxygen atoms in total. The molecule has 0 aliphatic rings. The van der Waals surface area contributed by atoms with Gasteiger partial charge in [-0.05, 0) is 43.2 Å². The molecule has 0 fully saturated rings. The fourth-order valence-corrected chi connectivity index (χ4v) is 2.18. The van der Waals surface area contributed by atoms with Crippen molar-refractivity contribution in [3.63, 3.8) is 0 Å². The summed E-state index contributed by atoms with van der Waals surface area (Å²) in [6, 6.07) is 9.70. The largest absolute Gasteiger partial charge is 0.448 e. The van der Waals surface area contributed by atoms with Gasteiger partial charge in [-0.25, -0.2) is 0 Å². The molecule has 106 valence electrons. The maximum atomic E-state index is 11.2. The Morgan fingerprint density at radius 3 is 2.57 bits per heavy atom. The van der Waals surface area contributed by atoms with Crippen molar-refractivity contribution in [1.29, 1.82) is 5.26 Å². The van der Waals surface area contributed by atoms with Crippen LogP contribution in [0.15, 0.2) is 30.3 Å². The van der Waals surface area contributed by atoms with Crippen molar-refractivity contribution < 1.29 is 9.66 Å². The van der Waals surface area contributed by atoms with E-state index in [-0.39, 0.29) is 22.2 Å². The van der Waals surface area contributed by atoms with Crippen molar-refractivity contribution in [1.82, 2.24) is 0 Å². The van der Waals surface area contributed by atoms with Crippen LogP contribution in [0.2, 0.25) is 5.02 Å². The Morgan fingerprint density at radius 2 is 2.00 bits per heavy atom. The van der Waals surface area contributed by atoms with Crippen LogP contribution in [0.25, 0.3) is 0 Å². The molecule has 0 aliphatic carbocycles. The summed E-state index contributed by atoms with van der Waals surface area (Å²) in [7, 11) is 0. The summed E-state index contributed by atoms with van der Waals surface area (Å²) >= 11 is 6.03. The summed E-state index contributed by atoms with van der Waals surface area (Å²) < 4.78 is 5.60. The monoisotopic (exact) mass is 302 g/mol. The molecule has 2 aromatic rings. The predicted octanol–water partition coefficient (Wildman–Crippen LogP) is 4.53. The van der Waals surface area contributed by atoms with Crippen LogP contribution in [0.1, 0.15) is 16.7 Å². The van der Waals surface area contributed by atoms with Gasteiger partial charge < -0.3 is 4.74 Å². The van der Waals surface area contributed by atoms with E-state index < -0.39 is 4.92 Å². The number of benzene rings is 2. The minimum Gasteiger partial charge on any atom is -0.448 e. The summed E-state index contributed by atoms with van der Waals surface area (Å²) in [4.78, 5) is 10.7. The lowest BCUT2D eigenvalue weighted by Crippen LogP contribution is -1.97. The molecule has 21 heavy (non-hydrogen) atoms. The van der Waals surface area contributed by atoms with Crippen LogP contribution in [0, 0.1) is 35.3 Å². The van der Waals surface area contributed by atoms with Gasteiger partial charge in [-0.1, -0.05) is 17.7 Å². The highest BCUT2D eigenvalue weighted by Gasteiger charge is 2.20. The molecule has 6 heteroatoms. The Bertz CT molecular complexity index is 766. The fraction of sp³-hybridized carbons (Fsp3) is 0.133. The normalized spacial score (nSPS) is 10.0. The molecule has 0 spiro atoms. The number of hydrogen-bond donors (Lipinski definition) is 0. The third-order valence-corrected chi connectivity index (χ3v) is 3.16. The van der Waals surface area contributed by atoms with Crippen LogP contribution in [-0.4, -0.2) is 4.92 Å². The van der Waals surface area contributed by atoms with Gasteiger partial charge in [0.25, 0.3) is 0 Å². The first-order chi connectivity index (χ1) is 9.92. The summed E-state index contributed by atoms with van der Waals surface area (Å²) in [5, 5.41) is 20.2. The molecular formula is C15H11ClN2O3. The highest BCUT2D eigenvalue weighted by Crippen LogP contribution is 2.38. The molecule has 0 unspecified atom stereocenters. The lowest BCUT2D eigenvalue weighted by molar-refractivity contribution is -0.385. The number of nitro groups is 1. The summed E-state index contributed by atoms with van der Waals surface area (Å²) in [6.45, 7) is 3.51. The first-order valence-corrected chi connectivity index (χ1v) is 6.43. The van der Waals surface area contributed by atoms with Crippen LogP contribution in [0.3, 0.4) is 0 Å². The summed E-state index contributed by atoms with van der Waals surface area (Å²) in [6.07, 6.45) is 0. The second-order valence-corrected chi connectivity index (χ2v) is 4.95. The van der Waals surface area contributed by atoms with Crippen molar-refractivity contribution in [3.05, 3.63) is 62.2 Å². The second kappa shape index (κ2) is 5.81. The van der Waals surface area contributed by atoms with E-state index in [0.29, 0.717) is 11.1 Å². The van der Waals surface area contributed by atoms with E-state index in [4.69, 9.17) is 21.6 Å². The molecule has 0 bridgehead atoms. The number of hydrogen-bond acceptors (Lipinski definition) is 4. The molecule has 0 saturated carbocycles. The fourth-order valence-electron chi connectivity index (χ4n) is 1.96. The molecule has 0 saturated heterocycles. The third kappa shape index (κ3) is 3.12. The Hall–Kier alpha value is -2.58.